The van der Waals surface area contributed by atoms with Crippen molar-refractivity contribution in [2.75, 3.05) is 5.32 Å². The fourth-order valence-corrected chi connectivity index (χ4v) is 1.38. The van der Waals surface area contributed by atoms with Crippen molar-refractivity contribution in [3.05, 3.63) is 36.9 Å². The molecule has 7 heteroatoms. The second-order valence-corrected chi connectivity index (χ2v) is 4.11. The Balaban J connectivity index is 0.00000225. The molecule has 16 heavy (non-hydrogen) atoms. The lowest BCUT2D eigenvalue weighted by Crippen LogP contribution is -2.07. The highest BCUT2D eigenvalue weighted by Gasteiger charge is 2.08. The van der Waals surface area contributed by atoms with E-state index in [2.05, 4.69) is 11.9 Å². The fraction of sp³-hybridized carbons (Fsp3) is 0. The first-order valence-electron chi connectivity index (χ1n) is 3.94. The smallest absolute Gasteiger partial charge is 0.294 e. The van der Waals surface area contributed by atoms with Gasteiger partial charge in [-0.05, 0) is 30.3 Å². The number of anilines is 1. The Bertz CT molecular complexity index is 479. The highest BCUT2D eigenvalue weighted by atomic mass is 32.2. The molecule has 0 bridgehead atoms. The first kappa shape index (κ1) is 14.3. The number of hydrogen-bond donors (Lipinski definition) is 3. The fourth-order valence-electron chi connectivity index (χ4n) is 0.904. The van der Waals surface area contributed by atoms with Crippen molar-refractivity contribution < 1.29 is 17.8 Å². The molecule has 0 heterocycles. The van der Waals surface area contributed by atoms with Crippen LogP contribution in [0.25, 0.3) is 0 Å². The van der Waals surface area contributed by atoms with E-state index in [1.54, 1.807) is 0 Å². The van der Waals surface area contributed by atoms with E-state index in [0.29, 0.717) is 5.69 Å². The summed E-state index contributed by atoms with van der Waals surface area (Å²) < 4.78 is 30.0. The number of benzene rings is 1. The van der Waals surface area contributed by atoms with Gasteiger partial charge >= 0.3 is 0 Å². The normalized spacial score (nSPS) is 10.1. The first-order valence-corrected chi connectivity index (χ1v) is 5.38. The molecule has 6 nitrogen and oxygen atoms in total. The Morgan fingerprint density at radius 1 is 1.31 bits per heavy atom. The van der Waals surface area contributed by atoms with E-state index in [4.69, 9.17) is 4.55 Å². The summed E-state index contributed by atoms with van der Waals surface area (Å²) >= 11 is 0. The lowest BCUT2D eigenvalue weighted by Gasteiger charge is -2.02. The minimum Gasteiger partial charge on any atom is -0.344 e. The third-order valence-electron chi connectivity index (χ3n) is 1.61. The van der Waals surface area contributed by atoms with Gasteiger partial charge in [0.1, 0.15) is 0 Å². The number of hydrogen-bond acceptors (Lipinski definition) is 4. The summed E-state index contributed by atoms with van der Waals surface area (Å²) in [6, 6.07) is 5.11. The maximum Gasteiger partial charge on any atom is 0.294 e. The summed E-state index contributed by atoms with van der Waals surface area (Å²) in [6.45, 7) is 3.27. The van der Waals surface area contributed by atoms with Crippen LogP contribution in [-0.2, 0) is 14.9 Å². The van der Waals surface area contributed by atoms with Crippen LogP contribution in [0, 0.1) is 0 Å². The van der Waals surface area contributed by atoms with Gasteiger partial charge in [-0.25, -0.2) is 0 Å². The van der Waals surface area contributed by atoms with E-state index in [1.165, 1.54) is 24.3 Å². The van der Waals surface area contributed by atoms with Gasteiger partial charge in [0.15, 0.2) is 0 Å². The quantitative estimate of drug-likeness (QED) is 0.545. The highest BCUT2D eigenvalue weighted by Crippen LogP contribution is 2.13. The molecule has 0 aliphatic carbocycles. The second-order valence-electron chi connectivity index (χ2n) is 2.69. The van der Waals surface area contributed by atoms with Crippen molar-refractivity contribution >= 4 is 21.7 Å². The molecular weight excluding hydrogens is 232 g/mol. The zero-order chi connectivity index (χ0) is 11.5. The molecule has 1 aromatic carbocycles. The molecule has 0 fully saturated rings. The molecule has 0 saturated carbocycles. The van der Waals surface area contributed by atoms with Crippen molar-refractivity contribution in [2.45, 2.75) is 4.90 Å². The van der Waals surface area contributed by atoms with Crippen molar-refractivity contribution in [1.82, 2.24) is 6.15 Å². The third-order valence-corrected chi connectivity index (χ3v) is 2.47. The molecule has 0 aliphatic heterocycles. The van der Waals surface area contributed by atoms with Crippen LogP contribution in [0.5, 0.6) is 0 Å². The minimum absolute atomic E-state index is 0. The molecule has 0 spiro atoms. The van der Waals surface area contributed by atoms with E-state index < -0.39 is 16.0 Å². The molecule has 0 saturated heterocycles. The number of amides is 1. The molecule has 1 rings (SSSR count). The van der Waals surface area contributed by atoms with Crippen molar-refractivity contribution in [3.8, 4) is 0 Å². The molecule has 0 atom stereocenters. The Labute approximate surface area is 93.3 Å². The van der Waals surface area contributed by atoms with Gasteiger partial charge in [0, 0.05) is 5.69 Å². The summed E-state index contributed by atoms with van der Waals surface area (Å²) in [5.74, 6) is -0.394. The summed E-state index contributed by atoms with van der Waals surface area (Å²) in [7, 11) is -4.19. The molecule has 88 valence electrons. The first-order chi connectivity index (χ1) is 6.93. The average Bonchev–Trinajstić information content (AvgIpc) is 2.17. The van der Waals surface area contributed by atoms with Gasteiger partial charge < -0.3 is 11.5 Å². The number of carbonyl (C=O) groups is 1. The van der Waals surface area contributed by atoms with Gasteiger partial charge in [-0.15, -0.1) is 0 Å². The SMILES string of the molecule is C=CC(=O)Nc1ccc(S(=O)(=O)O)cc1.N. The number of rotatable bonds is 3. The van der Waals surface area contributed by atoms with Crippen LogP contribution >= 0.6 is 0 Å². The average molecular weight is 244 g/mol. The molecule has 1 amide bonds. The van der Waals surface area contributed by atoms with Crippen LogP contribution in [0.2, 0.25) is 0 Å². The summed E-state index contributed by atoms with van der Waals surface area (Å²) in [5, 5.41) is 2.44. The van der Waals surface area contributed by atoms with Crippen molar-refractivity contribution in [3.63, 3.8) is 0 Å². The van der Waals surface area contributed by atoms with Crippen molar-refractivity contribution in [2.24, 2.45) is 0 Å². The predicted molar refractivity (Wildman–Crippen MR) is 60.1 cm³/mol. The van der Waals surface area contributed by atoms with Crippen LogP contribution in [0.3, 0.4) is 0 Å². The Hall–Kier alpha value is -1.70. The maximum atomic E-state index is 10.9. The van der Waals surface area contributed by atoms with Crippen LogP contribution in [-0.4, -0.2) is 18.9 Å². The van der Waals surface area contributed by atoms with Gasteiger partial charge in [0.2, 0.25) is 5.91 Å². The van der Waals surface area contributed by atoms with E-state index in [0.717, 1.165) is 6.08 Å². The minimum atomic E-state index is -4.19. The van der Waals surface area contributed by atoms with E-state index in [9.17, 15) is 13.2 Å². The lowest BCUT2D eigenvalue weighted by atomic mass is 10.3. The van der Waals surface area contributed by atoms with Gasteiger partial charge in [0.05, 0.1) is 4.90 Å². The monoisotopic (exact) mass is 244 g/mol. The standard InChI is InChI=1S/C9H9NO4S.H3N/c1-2-9(11)10-7-3-5-8(6-4-7)15(12,13)14;/h2-6H,1H2,(H,10,11)(H,12,13,14);1H3. The zero-order valence-electron chi connectivity index (χ0n) is 8.38. The molecule has 0 radical (unpaired) electrons. The molecular formula is C9H12N2O4S. The zero-order valence-corrected chi connectivity index (χ0v) is 9.20. The van der Waals surface area contributed by atoms with Gasteiger partial charge in [-0.1, -0.05) is 6.58 Å². The highest BCUT2D eigenvalue weighted by molar-refractivity contribution is 7.85. The molecule has 0 unspecified atom stereocenters. The van der Waals surface area contributed by atoms with E-state index in [-0.39, 0.29) is 11.0 Å². The Morgan fingerprint density at radius 2 is 1.81 bits per heavy atom. The summed E-state index contributed by atoms with van der Waals surface area (Å²) in [6.07, 6.45) is 1.09. The number of nitrogens with one attached hydrogen (secondary N) is 1. The van der Waals surface area contributed by atoms with Gasteiger partial charge in [0.25, 0.3) is 10.1 Å². The number of carbonyl (C=O) groups excluding carboxylic acids is 1. The van der Waals surface area contributed by atoms with Crippen LogP contribution in [0.1, 0.15) is 0 Å². The molecule has 5 N–H and O–H groups in total. The van der Waals surface area contributed by atoms with Crippen LogP contribution in [0.15, 0.2) is 41.8 Å². The Morgan fingerprint density at radius 3 is 2.19 bits per heavy atom. The van der Waals surface area contributed by atoms with Gasteiger partial charge in [-0.2, -0.15) is 8.42 Å². The largest absolute Gasteiger partial charge is 0.344 e. The lowest BCUT2D eigenvalue weighted by molar-refractivity contribution is -0.111. The molecule has 1 aromatic rings. The van der Waals surface area contributed by atoms with E-state index in [1.807, 2.05) is 0 Å². The van der Waals surface area contributed by atoms with Gasteiger partial charge in [-0.3, -0.25) is 9.35 Å². The van der Waals surface area contributed by atoms with Crippen LogP contribution < -0.4 is 11.5 Å². The van der Waals surface area contributed by atoms with Crippen molar-refractivity contribution in [1.29, 1.82) is 0 Å². The Kier molecular flexibility index (Phi) is 4.83. The third kappa shape index (κ3) is 3.81. The summed E-state index contributed by atoms with van der Waals surface area (Å²) in [5.41, 5.74) is 0.423. The van der Waals surface area contributed by atoms with Crippen LogP contribution in [0.4, 0.5) is 5.69 Å². The topological polar surface area (TPSA) is 118 Å². The predicted octanol–water partition coefficient (Wildman–Crippen LogP) is 1.22. The second kappa shape index (κ2) is 5.40. The van der Waals surface area contributed by atoms with E-state index >= 15 is 0 Å². The maximum absolute atomic E-state index is 10.9. The summed E-state index contributed by atoms with van der Waals surface area (Å²) in [4.78, 5) is 10.6. The molecule has 0 aliphatic rings. The molecule has 0 aromatic heterocycles.